The lowest BCUT2D eigenvalue weighted by atomic mass is 10.2. The number of carbonyl (C=O) groups excluding carboxylic acids is 1. The molecule has 0 heterocycles. The predicted molar refractivity (Wildman–Crippen MR) is 77.0 cm³/mol. The first-order valence-electron chi connectivity index (χ1n) is 6.94. The minimum absolute atomic E-state index is 0.0383. The molecule has 0 saturated heterocycles. The Kier molecular flexibility index (Phi) is 5.24. The van der Waals surface area contributed by atoms with Crippen LogP contribution in [-0.4, -0.2) is 33.2 Å². The summed E-state index contributed by atoms with van der Waals surface area (Å²) in [7, 11) is 3.48. The summed E-state index contributed by atoms with van der Waals surface area (Å²) in [5.41, 5.74) is 1.00. The highest BCUT2D eigenvalue weighted by Gasteiger charge is 2.21. The second kappa shape index (κ2) is 7.14. The Bertz CT molecular complexity index is 458. The fraction of sp³-hybridized carbons (Fsp3) is 0.533. The largest absolute Gasteiger partial charge is 0.497 e. The summed E-state index contributed by atoms with van der Waals surface area (Å²) < 4.78 is 10.8. The van der Waals surface area contributed by atoms with E-state index in [0.717, 1.165) is 17.9 Å². The normalized spacial score (nSPS) is 13.9. The number of hydrogen-bond donors (Lipinski definition) is 2. The summed E-state index contributed by atoms with van der Waals surface area (Å²) in [6.07, 6.45) is 2.45. The van der Waals surface area contributed by atoms with Gasteiger partial charge < -0.3 is 20.1 Å². The van der Waals surface area contributed by atoms with Gasteiger partial charge in [-0.2, -0.15) is 0 Å². The van der Waals surface area contributed by atoms with E-state index in [4.69, 9.17) is 9.47 Å². The molecule has 1 aromatic rings. The third kappa shape index (κ3) is 4.42. The van der Waals surface area contributed by atoms with E-state index in [1.165, 1.54) is 12.8 Å². The summed E-state index contributed by atoms with van der Waals surface area (Å²) in [4.78, 5) is 11.7. The molecule has 5 nitrogen and oxygen atoms in total. The molecule has 1 saturated carbocycles. The van der Waals surface area contributed by atoms with E-state index in [9.17, 15) is 4.79 Å². The molecule has 0 unspecified atom stereocenters. The summed E-state index contributed by atoms with van der Waals surface area (Å²) in [5, 5.41) is 5.96. The van der Waals surface area contributed by atoms with Crippen LogP contribution in [0.1, 0.15) is 18.4 Å². The zero-order valence-electron chi connectivity index (χ0n) is 12.1. The second-order valence-electron chi connectivity index (χ2n) is 5.04. The van der Waals surface area contributed by atoms with Gasteiger partial charge >= 0.3 is 0 Å². The first kappa shape index (κ1) is 14.7. The Morgan fingerprint density at radius 1 is 1.40 bits per heavy atom. The van der Waals surface area contributed by atoms with Crippen molar-refractivity contribution in [2.75, 3.05) is 27.3 Å². The number of ether oxygens (including phenoxy) is 2. The highest BCUT2D eigenvalue weighted by atomic mass is 16.5. The lowest BCUT2D eigenvalue weighted by Crippen LogP contribution is -2.30. The van der Waals surface area contributed by atoms with Crippen LogP contribution in [0.3, 0.4) is 0 Å². The van der Waals surface area contributed by atoms with Crippen LogP contribution in [0.15, 0.2) is 18.2 Å². The summed E-state index contributed by atoms with van der Waals surface area (Å²) in [6, 6.07) is 5.63. The summed E-state index contributed by atoms with van der Waals surface area (Å²) >= 11 is 0. The van der Waals surface area contributed by atoms with Crippen molar-refractivity contribution in [1.82, 2.24) is 10.6 Å². The van der Waals surface area contributed by atoms with Crippen molar-refractivity contribution in [1.29, 1.82) is 0 Å². The smallest absolute Gasteiger partial charge is 0.257 e. The summed E-state index contributed by atoms with van der Waals surface area (Å²) in [5.74, 6) is 2.00. The van der Waals surface area contributed by atoms with Crippen LogP contribution >= 0.6 is 0 Å². The third-order valence-corrected chi connectivity index (χ3v) is 3.29. The first-order chi connectivity index (χ1) is 9.72. The number of methoxy groups -OCH3 is 1. The number of hydrogen-bond acceptors (Lipinski definition) is 4. The van der Waals surface area contributed by atoms with Crippen molar-refractivity contribution in [2.24, 2.45) is 5.92 Å². The van der Waals surface area contributed by atoms with E-state index in [-0.39, 0.29) is 12.5 Å². The molecule has 0 radical (unpaired) electrons. The molecule has 1 fully saturated rings. The maximum Gasteiger partial charge on any atom is 0.257 e. The molecule has 1 amide bonds. The van der Waals surface area contributed by atoms with Crippen LogP contribution in [0, 0.1) is 5.92 Å². The molecule has 110 valence electrons. The van der Waals surface area contributed by atoms with Gasteiger partial charge in [0.2, 0.25) is 0 Å². The van der Waals surface area contributed by atoms with Crippen molar-refractivity contribution in [3.63, 3.8) is 0 Å². The van der Waals surface area contributed by atoms with E-state index < -0.39 is 0 Å². The van der Waals surface area contributed by atoms with E-state index in [0.29, 0.717) is 18.2 Å². The molecule has 5 heteroatoms. The van der Waals surface area contributed by atoms with Gasteiger partial charge in [-0.15, -0.1) is 0 Å². The van der Waals surface area contributed by atoms with Gasteiger partial charge in [0, 0.05) is 24.7 Å². The van der Waals surface area contributed by atoms with E-state index in [1.54, 1.807) is 13.2 Å². The SMILES string of the molecule is CNCc1ccc(OC)cc1OCC(=O)NCC1CC1. The zero-order valence-corrected chi connectivity index (χ0v) is 12.1. The Balaban J connectivity index is 1.89. The minimum Gasteiger partial charge on any atom is -0.497 e. The van der Waals surface area contributed by atoms with Crippen LogP contribution in [0.5, 0.6) is 11.5 Å². The molecule has 1 aromatic carbocycles. The Labute approximate surface area is 119 Å². The van der Waals surface area contributed by atoms with Crippen LogP contribution in [0.4, 0.5) is 0 Å². The summed E-state index contributed by atoms with van der Waals surface area (Å²) in [6.45, 7) is 1.49. The topological polar surface area (TPSA) is 59.6 Å². The molecule has 0 spiro atoms. The van der Waals surface area contributed by atoms with Crippen LogP contribution in [-0.2, 0) is 11.3 Å². The molecule has 0 atom stereocenters. The van der Waals surface area contributed by atoms with Crippen LogP contribution < -0.4 is 20.1 Å². The fourth-order valence-corrected chi connectivity index (χ4v) is 1.91. The van der Waals surface area contributed by atoms with E-state index >= 15 is 0 Å². The van der Waals surface area contributed by atoms with Gasteiger partial charge in [-0.1, -0.05) is 6.07 Å². The fourth-order valence-electron chi connectivity index (χ4n) is 1.91. The van der Waals surface area contributed by atoms with Gasteiger partial charge in [-0.3, -0.25) is 4.79 Å². The van der Waals surface area contributed by atoms with Gasteiger partial charge in [-0.05, 0) is 31.9 Å². The monoisotopic (exact) mass is 278 g/mol. The van der Waals surface area contributed by atoms with Crippen molar-refractivity contribution in [2.45, 2.75) is 19.4 Å². The van der Waals surface area contributed by atoms with Crippen molar-refractivity contribution >= 4 is 5.91 Å². The van der Waals surface area contributed by atoms with E-state index in [1.807, 2.05) is 19.2 Å². The van der Waals surface area contributed by atoms with Gasteiger partial charge in [-0.25, -0.2) is 0 Å². The maximum atomic E-state index is 11.7. The third-order valence-electron chi connectivity index (χ3n) is 3.29. The number of rotatable bonds is 8. The van der Waals surface area contributed by atoms with Gasteiger partial charge in [0.25, 0.3) is 5.91 Å². The Morgan fingerprint density at radius 2 is 2.20 bits per heavy atom. The molecule has 0 bridgehead atoms. The number of amides is 1. The Hall–Kier alpha value is -1.75. The van der Waals surface area contributed by atoms with Gasteiger partial charge in [0.1, 0.15) is 11.5 Å². The van der Waals surface area contributed by atoms with Gasteiger partial charge in [0.15, 0.2) is 6.61 Å². The quantitative estimate of drug-likeness (QED) is 0.753. The Morgan fingerprint density at radius 3 is 2.85 bits per heavy atom. The molecule has 0 aromatic heterocycles. The second-order valence-corrected chi connectivity index (χ2v) is 5.04. The minimum atomic E-state index is -0.0740. The number of nitrogens with one attached hydrogen (secondary N) is 2. The molecule has 2 N–H and O–H groups in total. The number of benzene rings is 1. The maximum absolute atomic E-state index is 11.7. The average molecular weight is 278 g/mol. The molecule has 2 rings (SSSR count). The van der Waals surface area contributed by atoms with Crippen LogP contribution in [0.2, 0.25) is 0 Å². The van der Waals surface area contributed by atoms with Crippen molar-refractivity contribution < 1.29 is 14.3 Å². The zero-order chi connectivity index (χ0) is 14.4. The number of carbonyl (C=O) groups is 1. The van der Waals surface area contributed by atoms with Crippen molar-refractivity contribution in [3.05, 3.63) is 23.8 Å². The highest BCUT2D eigenvalue weighted by Crippen LogP contribution is 2.27. The molecular weight excluding hydrogens is 256 g/mol. The lowest BCUT2D eigenvalue weighted by Gasteiger charge is -2.13. The molecular formula is C15H22N2O3. The predicted octanol–water partition coefficient (Wildman–Crippen LogP) is 1.32. The van der Waals surface area contributed by atoms with Gasteiger partial charge in [0.05, 0.1) is 7.11 Å². The standard InChI is InChI=1S/C15H22N2O3/c1-16-9-12-5-6-13(19-2)7-14(12)20-10-15(18)17-8-11-3-4-11/h5-7,11,16H,3-4,8-10H2,1-2H3,(H,17,18). The lowest BCUT2D eigenvalue weighted by molar-refractivity contribution is -0.123. The van der Waals surface area contributed by atoms with Crippen LogP contribution in [0.25, 0.3) is 0 Å². The molecule has 20 heavy (non-hydrogen) atoms. The molecule has 0 aliphatic heterocycles. The molecule has 1 aliphatic rings. The average Bonchev–Trinajstić information content (AvgIpc) is 3.28. The van der Waals surface area contributed by atoms with Crippen molar-refractivity contribution in [3.8, 4) is 11.5 Å². The molecule has 1 aliphatic carbocycles. The highest BCUT2D eigenvalue weighted by molar-refractivity contribution is 5.77. The first-order valence-corrected chi connectivity index (χ1v) is 6.94. The van der Waals surface area contributed by atoms with E-state index in [2.05, 4.69) is 10.6 Å².